The molecule has 0 spiro atoms. The summed E-state index contributed by atoms with van der Waals surface area (Å²) in [7, 11) is 1.82. The largest absolute Gasteiger partial charge is 0.397 e. The molecule has 7 heteroatoms. The highest BCUT2D eigenvalue weighted by Gasteiger charge is 2.41. The van der Waals surface area contributed by atoms with Crippen LogP contribution < -0.4 is 10.6 Å². The molecular formula is C13H17N5O2. The number of nitrogens with zero attached hydrogens (tertiary/aromatic N) is 4. The van der Waals surface area contributed by atoms with Crippen molar-refractivity contribution >= 4 is 28.3 Å². The summed E-state index contributed by atoms with van der Waals surface area (Å²) in [4.78, 5) is 16.1. The molecular weight excluding hydrogens is 258 g/mol. The second-order valence-corrected chi connectivity index (χ2v) is 5.57. The monoisotopic (exact) mass is 275 g/mol. The Bertz CT molecular complexity index is 678. The minimum absolute atomic E-state index is 0.0742. The van der Waals surface area contributed by atoms with Crippen LogP contribution >= 0.6 is 0 Å². The topological polar surface area (TPSA) is 88.5 Å². The third-order valence-corrected chi connectivity index (χ3v) is 3.92. The van der Waals surface area contributed by atoms with E-state index in [1.165, 1.54) is 0 Å². The summed E-state index contributed by atoms with van der Waals surface area (Å²) in [6, 6.07) is 3.63. The highest BCUT2D eigenvalue weighted by molar-refractivity contribution is 5.99. The van der Waals surface area contributed by atoms with Crippen LogP contribution in [0, 0.1) is 0 Å². The van der Waals surface area contributed by atoms with Crippen LogP contribution in [0.4, 0.5) is 11.4 Å². The number of amides is 1. The lowest BCUT2D eigenvalue weighted by Crippen LogP contribution is -2.62. The van der Waals surface area contributed by atoms with Crippen molar-refractivity contribution in [3.8, 4) is 0 Å². The lowest BCUT2D eigenvalue weighted by atomic mass is 9.96. The molecule has 1 saturated heterocycles. The number of nitrogen functional groups attached to an aromatic ring is 1. The molecule has 7 nitrogen and oxygen atoms in total. The van der Waals surface area contributed by atoms with Crippen molar-refractivity contribution in [2.75, 3.05) is 30.8 Å². The number of likely N-dealkylation sites (N-methyl/N-ethyl adjacent to an activating group) is 1. The van der Waals surface area contributed by atoms with Gasteiger partial charge in [0, 0.05) is 20.1 Å². The number of aromatic nitrogens is 2. The SMILES string of the molecule is CN1CCN(c2ccc(N)c3nonc23)C(C)(C)C1=O. The van der Waals surface area contributed by atoms with Crippen LogP contribution in [0.5, 0.6) is 0 Å². The van der Waals surface area contributed by atoms with Gasteiger partial charge in [-0.25, -0.2) is 4.63 Å². The van der Waals surface area contributed by atoms with Crippen molar-refractivity contribution in [1.82, 2.24) is 15.2 Å². The van der Waals surface area contributed by atoms with Gasteiger partial charge in [0.25, 0.3) is 0 Å². The molecule has 0 aliphatic carbocycles. The fourth-order valence-electron chi connectivity index (χ4n) is 2.73. The molecule has 1 aromatic carbocycles. The van der Waals surface area contributed by atoms with Gasteiger partial charge in [0.2, 0.25) is 5.91 Å². The Morgan fingerprint density at radius 2 is 1.95 bits per heavy atom. The quantitative estimate of drug-likeness (QED) is 0.777. The highest BCUT2D eigenvalue weighted by atomic mass is 16.6. The Morgan fingerprint density at radius 3 is 2.70 bits per heavy atom. The number of anilines is 2. The van der Waals surface area contributed by atoms with Crippen LogP contribution in [0.25, 0.3) is 11.0 Å². The number of carbonyl (C=O) groups is 1. The number of benzene rings is 1. The molecule has 3 rings (SSSR count). The first-order valence-corrected chi connectivity index (χ1v) is 6.47. The van der Waals surface area contributed by atoms with E-state index in [0.29, 0.717) is 23.3 Å². The van der Waals surface area contributed by atoms with E-state index in [-0.39, 0.29) is 5.91 Å². The van der Waals surface area contributed by atoms with E-state index < -0.39 is 5.54 Å². The minimum atomic E-state index is -0.644. The molecule has 2 N–H and O–H groups in total. The summed E-state index contributed by atoms with van der Waals surface area (Å²) in [5, 5.41) is 7.75. The standard InChI is InChI=1S/C13H17N5O2/c1-13(2)12(19)17(3)6-7-18(13)9-5-4-8(14)10-11(9)16-20-15-10/h4-5H,6-7,14H2,1-3H3. The van der Waals surface area contributed by atoms with Gasteiger partial charge in [-0.3, -0.25) is 4.79 Å². The number of hydrogen-bond donors (Lipinski definition) is 1. The number of rotatable bonds is 1. The van der Waals surface area contributed by atoms with Crippen molar-refractivity contribution < 1.29 is 9.42 Å². The zero-order valence-electron chi connectivity index (χ0n) is 11.8. The van der Waals surface area contributed by atoms with Gasteiger partial charge in [-0.2, -0.15) is 0 Å². The fourth-order valence-corrected chi connectivity index (χ4v) is 2.73. The Balaban J connectivity index is 2.14. The van der Waals surface area contributed by atoms with Crippen molar-refractivity contribution in [2.45, 2.75) is 19.4 Å². The molecule has 1 aliphatic rings. The third-order valence-electron chi connectivity index (χ3n) is 3.92. The Hall–Kier alpha value is -2.31. The average Bonchev–Trinajstić information content (AvgIpc) is 2.88. The zero-order valence-corrected chi connectivity index (χ0v) is 11.8. The van der Waals surface area contributed by atoms with Crippen LogP contribution in [0.1, 0.15) is 13.8 Å². The first kappa shape index (κ1) is 12.7. The maximum Gasteiger partial charge on any atom is 0.247 e. The summed E-state index contributed by atoms with van der Waals surface area (Å²) in [6.45, 7) is 5.20. The van der Waals surface area contributed by atoms with Crippen molar-refractivity contribution in [3.05, 3.63) is 12.1 Å². The Morgan fingerprint density at radius 1 is 1.25 bits per heavy atom. The van der Waals surface area contributed by atoms with E-state index in [2.05, 4.69) is 10.3 Å². The summed E-state index contributed by atoms with van der Waals surface area (Å²) in [5.74, 6) is 0.0742. The maximum atomic E-state index is 12.4. The van der Waals surface area contributed by atoms with E-state index >= 15 is 0 Å². The molecule has 0 bridgehead atoms. The third kappa shape index (κ3) is 1.62. The van der Waals surface area contributed by atoms with Crippen LogP contribution in [0.3, 0.4) is 0 Å². The van der Waals surface area contributed by atoms with Gasteiger partial charge in [-0.1, -0.05) is 0 Å². The van der Waals surface area contributed by atoms with Crippen LogP contribution in [0.2, 0.25) is 0 Å². The lowest BCUT2D eigenvalue weighted by Gasteiger charge is -2.46. The predicted octanol–water partition coefficient (Wildman–Crippen LogP) is 0.862. The fraction of sp³-hybridized carbons (Fsp3) is 0.462. The van der Waals surface area contributed by atoms with Crippen LogP contribution in [0.15, 0.2) is 16.8 Å². The molecule has 0 saturated carbocycles. The molecule has 20 heavy (non-hydrogen) atoms. The van der Waals surface area contributed by atoms with Gasteiger partial charge in [0.05, 0.1) is 11.4 Å². The second-order valence-electron chi connectivity index (χ2n) is 5.57. The van der Waals surface area contributed by atoms with Crippen molar-refractivity contribution in [1.29, 1.82) is 0 Å². The Labute approximate surface area is 116 Å². The van der Waals surface area contributed by atoms with Crippen molar-refractivity contribution in [2.24, 2.45) is 0 Å². The van der Waals surface area contributed by atoms with E-state index in [9.17, 15) is 4.79 Å². The predicted molar refractivity (Wildman–Crippen MR) is 75.3 cm³/mol. The average molecular weight is 275 g/mol. The van der Waals surface area contributed by atoms with Gasteiger partial charge < -0.3 is 15.5 Å². The smallest absolute Gasteiger partial charge is 0.247 e. The molecule has 0 atom stereocenters. The van der Waals surface area contributed by atoms with Gasteiger partial charge in [0.1, 0.15) is 5.54 Å². The van der Waals surface area contributed by atoms with Crippen molar-refractivity contribution in [3.63, 3.8) is 0 Å². The summed E-state index contributed by atoms with van der Waals surface area (Å²) < 4.78 is 4.79. The van der Waals surface area contributed by atoms with Crippen LogP contribution in [-0.4, -0.2) is 46.8 Å². The Kier molecular flexibility index (Phi) is 2.60. The van der Waals surface area contributed by atoms with Gasteiger partial charge in [-0.05, 0) is 36.3 Å². The molecule has 106 valence electrons. The molecule has 1 fully saturated rings. The minimum Gasteiger partial charge on any atom is -0.397 e. The molecule has 0 radical (unpaired) electrons. The molecule has 1 aromatic heterocycles. The first-order chi connectivity index (χ1) is 9.43. The number of carbonyl (C=O) groups excluding carboxylic acids is 1. The van der Waals surface area contributed by atoms with Gasteiger partial charge in [-0.15, -0.1) is 0 Å². The van der Waals surface area contributed by atoms with E-state index in [1.54, 1.807) is 11.0 Å². The van der Waals surface area contributed by atoms with Gasteiger partial charge in [0.15, 0.2) is 11.0 Å². The molecule has 1 amide bonds. The zero-order chi connectivity index (χ0) is 14.5. The number of nitrogens with two attached hydrogens (primary N) is 1. The molecule has 1 aliphatic heterocycles. The number of hydrogen-bond acceptors (Lipinski definition) is 6. The molecule has 2 heterocycles. The van der Waals surface area contributed by atoms with Crippen LogP contribution in [-0.2, 0) is 4.79 Å². The van der Waals surface area contributed by atoms with E-state index in [1.807, 2.05) is 31.9 Å². The normalized spacial score (nSPS) is 18.9. The van der Waals surface area contributed by atoms with Gasteiger partial charge >= 0.3 is 0 Å². The summed E-state index contributed by atoms with van der Waals surface area (Å²) in [5.41, 5.74) is 7.68. The lowest BCUT2D eigenvalue weighted by molar-refractivity contribution is -0.136. The summed E-state index contributed by atoms with van der Waals surface area (Å²) >= 11 is 0. The highest BCUT2D eigenvalue weighted by Crippen LogP contribution is 2.34. The maximum absolute atomic E-state index is 12.4. The molecule has 0 unspecified atom stereocenters. The van der Waals surface area contributed by atoms with E-state index in [0.717, 1.165) is 12.2 Å². The molecule has 2 aromatic rings. The number of fused-ring (bicyclic) bond motifs is 1. The second kappa shape index (κ2) is 4.09. The summed E-state index contributed by atoms with van der Waals surface area (Å²) in [6.07, 6.45) is 0. The van der Waals surface area contributed by atoms with E-state index in [4.69, 9.17) is 10.4 Å². The first-order valence-electron chi connectivity index (χ1n) is 6.47. The number of piperazine rings is 1.